The van der Waals surface area contributed by atoms with E-state index in [0.717, 1.165) is 6.08 Å². The number of halogens is 2. The first kappa shape index (κ1) is 9.09. The molecule has 3 nitrogen and oxygen atoms in total. The minimum Gasteiger partial charge on any atom is -0.207 e. The topological polar surface area (TPSA) is 37.1 Å². The molecule has 0 radical (unpaired) electrons. The van der Waals surface area contributed by atoms with Gasteiger partial charge in [0.15, 0.2) is 11.4 Å². The summed E-state index contributed by atoms with van der Waals surface area (Å²) in [6.07, 6.45) is -1.42. The molecule has 12 heavy (non-hydrogen) atoms. The van der Waals surface area contributed by atoms with E-state index < -0.39 is 12.0 Å². The lowest BCUT2D eigenvalue weighted by molar-refractivity contribution is 0.0889. The maximum absolute atomic E-state index is 12.3. The largest absolute Gasteiger partial charge is 0.268 e. The highest BCUT2D eigenvalue weighted by Gasteiger charge is 2.36. The normalized spacial score (nSPS) is 27.2. The molecule has 0 N–H and O–H groups in total. The summed E-state index contributed by atoms with van der Waals surface area (Å²) in [5.41, 5.74) is -1.55. The van der Waals surface area contributed by atoms with E-state index in [1.54, 1.807) is 0 Å². The van der Waals surface area contributed by atoms with E-state index in [0.29, 0.717) is 0 Å². The van der Waals surface area contributed by atoms with Gasteiger partial charge in [-0.25, -0.2) is 8.78 Å². The molecule has 0 aromatic carbocycles. The second-order valence-corrected chi connectivity index (χ2v) is 2.61. The minimum atomic E-state index is -2.58. The lowest BCUT2D eigenvalue weighted by atomic mass is 10.1. The van der Waals surface area contributed by atoms with Gasteiger partial charge < -0.3 is 0 Å². The van der Waals surface area contributed by atoms with Crippen LogP contribution in [0.4, 0.5) is 8.78 Å². The van der Waals surface area contributed by atoms with Crippen LogP contribution in [0, 0.1) is 0 Å². The van der Waals surface area contributed by atoms with E-state index in [1.807, 2.05) is 5.16 Å². The predicted molar refractivity (Wildman–Crippen MR) is 42.4 cm³/mol. The van der Waals surface area contributed by atoms with Gasteiger partial charge in [-0.1, -0.05) is 0 Å². The summed E-state index contributed by atoms with van der Waals surface area (Å²) < 4.78 is 24.5. The molecule has 1 unspecified atom stereocenters. The smallest absolute Gasteiger partial charge is 0.207 e. The Balaban J connectivity index is 2.91. The zero-order valence-electron chi connectivity index (χ0n) is 6.16. The molecule has 0 bridgehead atoms. The van der Waals surface area contributed by atoms with Crippen LogP contribution >= 0.6 is 12.2 Å². The highest BCUT2D eigenvalue weighted by Crippen LogP contribution is 2.29. The Labute approximate surface area is 72.9 Å². The van der Waals surface area contributed by atoms with Gasteiger partial charge in [0.05, 0.1) is 5.16 Å². The Morgan fingerprint density at radius 3 is 2.83 bits per heavy atom. The van der Waals surface area contributed by atoms with Crippen LogP contribution in [0.5, 0.6) is 0 Å². The molecule has 1 aliphatic heterocycles. The van der Waals surface area contributed by atoms with E-state index in [1.165, 1.54) is 6.92 Å². The molecule has 0 saturated carbocycles. The Bertz CT molecular complexity index is 293. The molecule has 1 heterocycles. The average molecular weight is 189 g/mol. The van der Waals surface area contributed by atoms with Gasteiger partial charge >= 0.3 is 0 Å². The summed E-state index contributed by atoms with van der Waals surface area (Å²) in [4.78, 5) is 3.43. The van der Waals surface area contributed by atoms with Crippen molar-refractivity contribution in [3.63, 3.8) is 0 Å². The quantitative estimate of drug-likeness (QED) is 0.485. The molecule has 1 rings (SSSR count). The molecule has 1 aliphatic rings. The first-order chi connectivity index (χ1) is 5.58. The number of rotatable bonds is 2. The Hall–Kier alpha value is -1.00. The van der Waals surface area contributed by atoms with Gasteiger partial charge in [-0.05, 0) is 25.2 Å². The highest BCUT2D eigenvalue weighted by molar-refractivity contribution is 7.78. The van der Waals surface area contributed by atoms with Crippen molar-refractivity contribution < 1.29 is 8.78 Å². The number of hydrogen-bond donors (Lipinski definition) is 0. The fourth-order valence-electron chi connectivity index (χ4n) is 0.686. The van der Waals surface area contributed by atoms with Crippen LogP contribution in [-0.2, 0) is 0 Å². The summed E-state index contributed by atoms with van der Waals surface area (Å²) in [6.45, 7) is 1.27. The van der Waals surface area contributed by atoms with Crippen molar-refractivity contribution in [2.75, 3.05) is 0 Å². The molecular weight excluding hydrogens is 184 g/mol. The maximum atomic E-state index is 12.3. The van der Waals surface area contributed by atoms with Crippen molar-refractivity contribution in [1.29, 1.82) is 0 Å². The highest BCUT2D eigenvalue weighted by atomic mass is 32.1. The van der Waals surface area contributed by atoms with Crippen LogP contribution in [0.1, 0.15) is 6.92 Å². The van der Waals surface area contributed by atoms with E-state index >= 15 is 0 Å². The summed E-state index contributed by atoms with van der Waals surface area (Å²) >= 11 is 4.28. The van der Waals surface area contributed by atoms with Gasteiger partial charge in [-0.3, -0.25) is 0 Å². The fourth-order valence-corrected chi connectivity index (χ4v) is 0.780. The third-order valence-electron chi connectivity index (χ3n) is 1.39. The first-order valence-corrected chi connectivity index (χ1v) is 3.51. The number of aliphatic imine (C=N–C) groups is 1. The van der Waals surface area contributed by atoms with Crippen LogP contribution in [-0.4, -0.2) is 17.1 Å². The minimum absolute atomic E-state index is 0.0906. The zero-order chi connectivity index (χ0) is 9.19. The molecule has 0 aromatic rings. The summed E-state index contributed by atoms with van der Waals surface area (Å²) in [5, 5.41) is 8.81. The van der Waals surface area contributed by atoms with Gasteiger partial charge in [-0.15, -0.1) is 5.11 Å². The molecule has 64 valence electrons. The van der Waals surface area contributed by atoms with Gasteiger partial charge in [0.25, 0.3) is 6.43 Å². The van der Waals surface area contributed by atoms with Crippen LogP contribution in [0.2, 0.25) is 0 Å². The Kier molecular flexibility index (Phi) is 2.40. The molecule has 0 amide bonds. The summed E-state index contributed by atoms with van der Waals surface area (Å²) in [7, 11) is 0. The number of alkyl halides is 2. The van der Waals surface area contributed by atoms with E-state index in [4.69, 9.17) is 0 Å². The van der Waals surface area contributed by atoms with Crippen molar-refractivity contribution in [3.8, 4) is 0 Å². The molecule has 0 saturated heterocycles. The van der Waals surface area contributed by atoms with Crippen LogP contribution < -0.4 is 0 Å². The second-order valence-electron chi connectivity index (χ2n) is 2.43. The average Bonchev–Trinajstić information content (AvgIpc) is 2.34. The van der Waals surface area contributed by atoms with Crippen molar-refractivity contribution in [2.45, 2.75) is 18.9 Å². The van der Waals surface area contributed by atoms with Crippen molar-refractivity contribution in [3.05, 3.63) is 11.9 Å². The lowest BCUT2D eigenvalue weighted by Gasteiger charge is -2.13. The zero-order valence-corrected chi connectivity index (χ0v) is 6.98. The number of thiocarbonyl (C=S) groups is 1. The summed E-state index contributed by atoms with van der Waals surface area (Å²) in [6, 6.07) is 0. The molecule has 6 heteroatoms. The Morgan fingerprint density at radius 1 is 1.75 bits per heavy atom. The van der Waals surface area contributed by atoms with Crippen molar-refractivity contribution in [2.24, 2.45) is 15.2 Å². The lowest BCUT2D eigenvalue weighted by Crippen LogP contribution is -2.26. The predicted octanol–water partition coefficient (Wildman–Crippen LogP) is 2.42. The fraction of sp³-hybridized carbons (Fsp3) is 0.500. The standard InChI is InChI=1S/C6H5F2N3S/c1-6(5(7)8)2-4(9-3-12)10-11-6/h2,5H,1H3. The van der Waals surface area contributed by atoms with Gasteiger partial charge in [0.1, 0.15) is 0 Å². The van der Waals surface area contributed by atoms with E-state index in [9.17, 15) is 8.78 Å². The van der Waals surface area contributed by atoms with E-state index in [2.05, 4.69) is 27.4 Å². The first-order valence-electron chi connectivity index (χ1n) is 3.10. The number of azo groups is 1. The number of isothiocyanates is 1. The number of nitrogens with zero attached hydrogens (tertiary/aromatic N) is 3. The molecule has 0 aliphatic carbocycles. The van der Waals surface area contributed by atoms with Gasteiger partial charge in [0.2, 0.25) is 0 Å². The van der Waals surface area contributed by atoms with Crippen LogP contribution in [0.25, 0.3) is 0 Å². The molecule has 1 atom stereocenters. The van der Waals surface area contributed by atoms with E-state index in [-0.39, 0.29) is 5.82 Å². The third kappa shape index (κ3) is 1.60. The number of hydrogen-bond acceptors (Lipinski definition) is 4. The molecule has 0 fully saturated rings. The van der Waals surface area contributed by atoms with Gasteiger partial charge in [0, 0.05) is 0 Å². The summed E-state index contributed by atoms with van der Waals surface area (Å²) in [5.74, 6) is 0.0906. The molecule has 0 aromatic heterocycles. The van der Waals surface area contributed by atoms with Crippen molar-refractivity contribution >= 4 is 17.4 Å². The second kappa shape index (κ2) is 3.16. The van der Waals surface area contributed by atoms with Crippen LogP contribution in [0.3, 0.4) is 0 Å². The molecular formula is C6H5F2N3S. The maximum Gasteiger partial charge on any atom is 0.268 e. The third-order valence-corrected chi connectivity index (χ3v) is 1.48. The Morgan fingerprint density at radius 2 is 2.42 bits per heavy atom. The van der Waals surface area contributed by atoms with Crippen LogP contribution in [0.15, 0.2) is 27.1 Å². The van der Waals surface area contributed by atoms with Crippen molar-refractivity contribution in [1.82, 2.24) is 0 Å². The monoisotopic (exact) mass is 189 g/mol. The molecule has 0 spiro atoms. The SMILES string of the molecule is CC1(C(F)F)C=C(N=C=S)N=N1. The van der Waals surface area contributed by atoms with Gasteiger partial charge in [-0.2, -0.15) is 10.1 Å².